The lowest BCUT2D eigenvalue weighted by atomic mass is 9.87. The number of nitrogens with one attached hydrogen (secondary N) is 1. The highest BCUT2D eigenvalue weighted by Gasteiger charge is 2.28. The van der Waals surface area contributed by atoms with E-state index in [1.807, 2.05) is 0 Å². The highest BCUT2D eigenvalue weighted by Crippen LogP contribution is 2.28. The Hall–Kier alpha value is -2.64. The normalized spacial score (nSPS) is 19.6. The van der Waals surface area contributed by atoms with Crippen molar-refractivity contribution < 1.29 is 28.6 Å². The van der Waals surface area contributed by atoms with Crippen LogP contribution in [-0.2, 0) is 23.9 Å². The molecule has 0 atom stereocenters. The summed E-state index contributed by atoms with van der Waals surface area (Å²) in [4.78, 5) is 38.5. The molecule has 1 N–H and O–H groups in total. The smallest absolute Gasteiger partial charge is 0.396 e. The van der Waals surface area contributed by atoms with Gasteiger partial charge >= 0.3 is 17.8 Å². The van der Waals surface area contributed by atoms with E-state index in [0.717, 1.165) is 32.8 Å². The highest BCUT2D eigenvalue weighted by atomic mass is 16.5. The third kappa shape index (κ3) is 4.91. The van der Waals surface area contributed by atoms with E-state index in [1.54, 1.807) is 19.1 Å². The topological polar surface area (TPSA) is 104 Å². The van der Waals surface area contributed by atoms with Gasteiger partial charge in [-0.25, -0.2) is 9.78 Å². The van der Waals surface area contributed by atoms with E-state index >= 15 is 0 Å². The van der Waals surface area contributed by atoms with Gasteiger partial charge in [-0.1, -0.05) is 0 Å². The molecule has 8 nitrogen and oxygen atoms in total. The maximum atomic E-state index is 11.5. The molecule has 1 amide bonds. The predicted octanol–water partition coefficient (Wildman–Crippen LogP) is 1.61. The minimum Gasteiger partial charge on any atom is -0.474 e. The molecule has 0 unspecified atom stereocenters. The first kappa shape index (κ1) is 18.7. The fraction of sp³-hybridized carbons (Fsp3) is 0.529. The van der Waals surface area contributed by atoms with Crippen LogP contribution in [0.3, 0.4) is 0 Å². The number of carbonyl (C=O) groups is 3. The number of aryl methyl sites for hydroxylation is 1. The van der Waals surface area contributed by atoms with Crippen molar-refractivity contribution in [2.75, 3.05) is 19.5 Å². The number of aromatic nitrogens is 1. The molecule has 1 saturated carbocycles. The number of esters is 2. The molecule has 0 aromatic carbocycles. The summed E-state index contributed by atoms with van der Waals surface area (Å²) in [6, 6.07) is 3.25. The Bertz CT molecular complexity index is 653. The molecule has 0 bridgehead atoms. The summed E-state index contributed by atoms with van der Waals surface area (Å²) in [5.41, 5.74) is 0.940. The first-order chi connectivity index (χ1) is 11.9. The van der Waals surface area contributed by atoms with Crippen molar-refractivity contribution >= 4 is 23.5 Å². The Kier molecular flexibility index (Phi) is 6.32. The Morgan fingerprint density at radius 3 is 2.32 bits per heavy atom. The number of ether oxygens (including phenoxy) is 3. The Morgan fingerprint density at radius 2 is 1.76 bits per heavy atom. The molecular weight excluding hydrogens is 328 g/mol. The van der Waals surface area contributed by atoms with Gasteiger partial charge in [0.15, 0.2) is 0 Å². The molecule has 136 valence electrons. The number of hydrogen-bond donors (Lipinski definition) is 1. The van der Waals surface area contributed by atoms with Crippen molar-refractivity contribution in [1.29, 1.82) is 0 Å². The van der Waals surface area contributed by atoms with Crippen LogP contribution < -0.4 is 10.1 Å². The lowest BCUT2D eigenvalue weighted by molar-refractivity contribution is -0.150. The number of rotatable bonds is 4. The molecule has 1 aromatic rings. The summed E-state index contributed by atoms with van der Waals surface area (Å²) in [6.45, 7) is 1.70. The van der Waals surface area contributed by atoms with E-state index < -0.39 is 11.9 Å². The summed E-state index contributed by atoms with van der Waals surface area (Å²) in [5.74, 6) is -1.62. The second-order valence-electron chi connectivity index (χ2n) is 5.84. The van der Waals surface area contributed by atoms with Crippen LogP contribution in [0, 0.1) is 12.8 Å². The monoisotopic (exact) mass is 350 g/mol. The number of carbonyl (C=O) groups excluding carboxylic acids is 3. The van der Waals surface area contributed by atoms with E-state index in [1.165, 1.54) is 7.11 Å². The molecule has 1 fully saturated rings. The molecule has 1 aromatic heterocycles. The number of nitrogens with zero attached hydrogens (tertiary/aromatic N) is 1. The van der Waals surface area contributed by atoms with Crippen molar-refractivity contribution in [3.8, 4) is 5.88 Å². The molecule has 0 radical (unpaired) electrons. The van der Waals surface area contributed by atoms with E-state index in [2.05, 4.69) is 15.0 Å². The van der Waals surface area contributed by atoms with Crippen molar-refractivity contribution in [3.05, 3.63) is 17.8 Å². The van der Waals surface area contributed by atoms with Gasteiger partial charge in [-0.15, -0.1) is 0 Å². The maximum absolute atomic E-state index is 11.5. The second-order valence-corrected chi connectivity index (χ2v) is 5.84. The van der Waals surface area contributed by atoms with Crippen LogP contribution in [0.4, 0.5) is 5.69 Å². The predicted molar refractivity (Wildman–Crippen MR) is 88.0 cm³/mol. The summed E-state index contributed by atoms with van der Waals surface area (Å²) in [5, 5.41) is 2.43. The average molecular weight is 350 g/mol. The number of methoxy groups -OCH3 is 2. The van der Waals surface area contributed by atoms with Gasteiger partial charge in [0, 0.05) is 6.07 Å². The van der Waals surface area contributed by atoms with Gasteiger partial charge in [-0.2, -0.15) is 0 Å². The standard InChI is InChI=1S/C17H22N2O6/c1-10-13(19-15(20)17(22)24-3)8-9-14(18-10)25-12-6-4-11(5-7-12)16(21)23-2/h8-9,11-12H,4-7H2,1-3H3,(H,19,20)/t11-,12-. The van der Waals surface area contributed by atoms with Gasteiger partial charge in [0.1, 0.15) is 6.10 Å². The maximum Gasteiger partial charge on any atom is 0.396 e. The Labute approximate surface area is 145 Å². The fourth-order valence-corrected chi connectivity index (χ4v) is 2.76. The number of pyridine rings is 1. The van der Waals surface area contributed by atoms with Gasteiger partial charge < -0.3 is 19.5 Å². The van der Waals surface area contributed by atoms with E-state index in [-0.39, 0.29) is 18.0 Å². The van der Waals surface area contributed by atoms with Gasteiger partial charge in [-0.3, -0.25) is 9.59 Å². The van der Waals surface area contributed by atoms with E-state index in [9.17, 15) is 14.4 Å². The fourth-order valence-electron chi connectivity index (χ4n) is 2.76. The van der Waals surface area contributed by atoms with Crippen LogP contribution in [0.25, 0.3) is 0 Å². The number of amides is 1. The van der Waals surface area contributed by atoms with E-state index in [0.29, 0.717) is 17.3 Å². The minimum absolute atomic E-state index is 0.0108. The van der Waals surface area contributed by atoms with Crippen LogP contribution >= 0.6 is 0 Å². The van der Waals surface area contributed by atoms with E-state index in [4.69, 9.17) is 9.47 Å². The van der Waals surface area contributed by atoms with Gasteiger partial charge in [0.2, 0.25) is 5.88 Å². The van der Waals surface area contributed by atoms with Crippen LogP contribution in [0.1, 0.15) is 31.4 Å². The first-order valence-electron chi connectivity index (χ1n) is 8.06. The Balaban J connectivity index is 1.92. The molecular formula is C17H22N2O6. The summed E-state index contributed by atoms with van der Waals surface area (Å²) >= 11 is 0. The minimum atomic E-state index is -0.970. The number of hydrogen-bond acceptors (Lipinski definition) is 7. The third-order valence-electron chi connectivity index (χ3n) is 4.18. The molecule has 1 aliphatic carbocycles. The zero-order valence-corrected chi connectivity index (χ0v) is 14.5. The highest BCUT2D eigenvalue weighted by molar-refractivity contribution is 6.37. The zero-order valence-electron chi connectivity index (χ0n) is 14.5. The third-order valence-corrected chi connectivity index (χ3v) is 4.18. The first-order valence-corrected chi connectivity index (χ1v) is 8.06. The van der Waals surface area contributed by atoms with Gasteiger partial charge in [-0.05, 0) is 38.7 Å². The lowest BCUT2D eigenvalue weighted by Gasteiger charge is -2.27. The van der Waals surface area contributed by atoms with Crippen LogP contribution in [0.2, 0.25) is 0 Å². The van der Waals surface area contributed by atoms with Crippen molar-refractivity contribution in [1.82, 2.24) is 4.98 Å². The SMILES string of the molecule is COC(=O)C(=O)Nc1ccc(O[C@H]2CC[C@H](C(=O)OC)CC2)nc1C. The van der Waals surface area contributed by atoms with Gasteiger partial charge in [0.05, 0.1) is 31.5 Å². The molecule has 1 aliphatic rings. The molecule has 0 aliphatic heterocycles. The molecule has 25 heavy (non-hydrogen) atoms. The second kappa shape index (κ2) is 8.46. The Morgan fingerprint density at radius 1 is 1.08 bits per heavy atom. The van der Waals surface area contributed by atoms with Crippen LogP contribution in [0.5, 0.6) is 5.88 Å². The van der Waals surface area contributed by atoms with Crippen molar-refractivity contribution in [2.45, 2.75) is 38.7 Å². The van der Waals surface area contributed by atoms with Crippen molar-refractivity contribution in [2.24, 2.45) is 5.92 Å². The van der Waals surface area contributed by atoms with Crippen molar-refractivity contribution in [3.63, 3.8) is 0 Å². The zero-order chi connectivity index (χ0) is 18.4. The molecule has 0 saturated heterocycles. The lowest BCUT2D eigenvalue weighted by Crippen LogP contribution is -2.29. The molecule has 0 spiro atoms. The average Bonchev–Trinajstić information content (AvgIpc) is 2.63. The number of anilines is 1. The van der Waals surface area contributed by atoms with Crippen LogP contribution in [-0.4, -0.2) is 43.2 Å². The molecule has 2 rings (SSSR count). The quantitative estimate of drug-likeness (QED) is 0.650. The summed E-state index contributed by atoms with van der Waals surface area (Å²) in [6.07, 6.45) is 2.94. The summed E-state index contributed by atoms with van der Waals surface area (Å²) in [7, 11) is 2.54. The van der Waals surface area contributed by atoms with Gasteiger partial charge in [0.25, 0.3) is 0 Å². The largest absolute Gasteiger partial charge is 0.474 e. The summed E-state index contributed by atoms with van der Waals surface area (Å²) < 4.78 is 15.0. The molecule has 8 heteroatoms. The van der Waals surface area contributed by atoms with Crippen LogP contribution in [0.15, 0.2) is 12.1 Å². The molecule has 1 heterocycles.